The van der Waals surface area contributed by atoms with Gasteiger partial charge in [-0.25, -0.2) is 4.98 Å². The number of aryl methyl sites for hydroxylation is 2. The van der Waals surface area contributed by atoms with Crippen molar-refractivity contribution in [1.29, 1.82) is 0 Å². The van der Waals surface area contributed by atoms with E-state index >= 15 is 0 Å². The molecule has 0 radical (unpaired) electrons. The maximum atomic E-state index is 13.0. The lowest BCUT2D eigenvalue weighted by Crippen LogP contribution is -2.28. The van der Waals surface area contributed by atoms with Gasteiger partial charge in [-0.2, -0.15) is 0 Å². The second-order valence-corrected chi connectivity index (χ2v) is 8.31. The molecule has 0 saturated heterocycles. The van der Waals surface area contributed by atoms with Crippen molar-refractivity contribution in [2.24, 2.45) is 0 Å². The molecule has 0 atom stereocenters. The largest absolute Gasteiger partial charge is 0.497 e. The average molecular weight is 428 g/mol. The monoisotopic (exact) mass is 427 g/mol. The molecule has 1 N–H and O–H groups in total. The summed E-state index contributed by atoms with van der Waals surface area (Å²) in [6.45, 7) is 3.22. The van der Waals surface area contributed by atoms with Gasteiger partial charge in [-0.1, -0.05) is 12.5 Å². The van der Waals surface area contributed by atoms with Gasteiger partial charge in [-0.05, 0) is 37.5 Å². The topological polar surface area (TPSA) is 82.4 Å². The van der Waals surface area contributed by atoms with Crippen LogP contribution in [0.2, 0.25) is 0 Å². The molecular weight excluding hydrogens is 402 g/mol. The molecule has 8 heteroatoms. The van der Waals surface area contributed by atoms with Gasteiger partial charge >= 0.3 is 0 Å². The van der Waals surface area contributed by atoms with Crippen molar-refractivity contribution >= 4 is 27.5 Å². The minimum atomic E-state index is -0.204. The molecular formula is C22H25N3O4S. The second kappa shape index (κ2) is 8.87. The van der Waals surface area contributed by atoms with Crippen LogP contribution in [-0.4, -0.2) is 35.7 Å². The summed E-state index contributed by atoms with van der Waals surface area (Å²) in [5.41, 5.74) is 0.685. The number of rotatable bonds is 6. The molecule has 2 aromatic heterocycles. The summed E-state index contributed by atoms with van der Waals surface area (Å²) < 4.78 is 12.6. The first kappa shape index (κ1) is 20.4. The minimum absolute atomic E-state index is 0.0222. The molecule has 3 aromatic rings. The number of carbonyl (C=O) groups excluding carboxylic acids is 1. The lowest BCUT2D eigenvalue weighted by molar-refractivity contribution is 0.0950. The molecule has 0 spiro atoms. The van der Waals surface area contributed by atoms with E-state index in [1.54, 1.807) is 17.7 Å². The Labute approximate surface area is 178 Å². The molecule has 0 saturated carbocycles. The number of benzene rings is 1. The van der Waals surface area contributed by atoms with Crippen LogP contribution in [-0.2, 0) is 13.0 Å². The predicted molar refractivity (Wildman–Crippen MR) is 117 cm³/mol. The number of hydrogen-bond acceptors (Lipinski definition) is 6. The predicted octanol–water partition coefficient (Wildman–Crippen LogP) is 3.31. The van der Waals surface area contributed by atoms with E-state index in [0.29, 0.717) is 46.1 Å². The van der Waals surface area contributed by atoms with Crippen LogP contribution in [0.4, 0.5) is 0 Å². The molecule has 158 valence electrons. The molecule has 7 nitrogen and oxygen atoms in total. The number of aromatic nitrogens is 2. The van der Waals surface area contributed by atoms with Crippen molar-refractivity contribution in [3.63, 3.8) is 0 Å². The third-order valence-corrected chi connectivity index (χ3v) is 6.50. The number of hydrogen-bond donors (Lipinski definition) is 1. The Kier molecular flexibility index (Phi) is 6.03. The third kappa shape index (κ3) is 4.05. The summed E-state index contributed by atoms with van der Waals surface area (Å²) >= 11 is 1.29. The molecule has 30 heavy (non-hydrogen) atoms. The zero-order chi connectivity index (χ0) is 21.1. The summed E-state index contributed by atoms with van der Waals surface area (Å²) in [5, 5.41) is 3.45. The fourth-order valence-corrected chi connectivity index (χ4v) is 4.84. The first-order valence-corrected chi connectivity index (χ1v) is 11.0. The van der Waals surface area contributed by atoms with Crippen molar-refractivity contribution in [3.8, 4) is 11.5 Å². The number of nitrogens with one attached hydrogen (secondary N) is 1. The smallest absolute Gasteiger partial charge is 0.262 e. The highest BCUT2D eigenvalue weighted by Crippen LogP contribution is 2.28. The molecule has 3 heterocycles. The molecule has 0 aliphatic carbocycles. The van der Waals surface area contributed by atoms with Crippen LogP contribution in [0, 0.1) is 6.92 Å². The number of fused-ring (bicyclic) bond motifs is 2. The molecule has 1 amide bonds. The number of methoxy groups -OCH3 is 1. The van der Waals surface area contributed by atoms with Crippen molar-refractivity contribution in [1.82, 2.24) is 14.9 Å². The highest BCUT2D eigenvalue weighted by molar-refractivity contribution is 7.20. The van der Waals surface area contributed by atoms with Crippen LogP contribution in [0.25, 0.3) is 10.2 Å². The van der Waals surface area contributed by atoms with E-state index in [0.717, 1.165) is 37.3 Å². The molecule has 1 aromatic carbocycles. The number of thiophene rings is 1. The highest BCUT2D eigenvalue weighted by Gasteiger charge is 2.22. The molecule has 4 rings (SSSR count). The van der Waals surface area contributed by atoms with E-state index in [9.17, 15) is 9.59 Å². The Morgan fingerprint density at radius 3 is 2.93 bits per heavy atom. The number of ether oxygens (including phenoxy) is 2. The normalized spacial score (nSPS) is 13.5. The van der Waals surface area contributed by atoms with Gasteiger partial charge in [0.15, 0.2) is 0 Å². The molecule has 1 aliphatic rings. The van der Waals surface area contributed by atoms with E-state index in [1.807, 2.05) is 25.1 Å². The summed E-state index contributed by atoms with van der Waals surface area (Å²) in [6, 6.07) is 7.32. The van der Waals surface area contributed by atoms with Gasteiger partial charge in [0.2, 0.25) is 0 Å². The first-order chi connectivity index (χ1) is 14.6. The molecule has 0 bridgehead atoms. The molecule has 0 fully saturated rings. The maximum absolute atomic E-state index is 13.0. The lowest BCUT2D eigenvalue weighted by Gasteiger charge is -2.09. The van der Waals surface area contributed by atoms with Crippen LogP contribution < -0.4 is 20.3 Å². The third-order valence-electron chi connectivity index (χ3n) is 5.32. The minimum Gasteiger partial charge on any atom is -0.497 e. The molecule has 1 aliphatic heterocycles. The van der Waals surface area contributed by atoms with E-state index in [4.69, 9.17) is 14.5 Å². The van der Waals surface area contributed by atoms with Crippen LogP contribution in [0.15, 0.2) is 29.1 Å². The fourth-order valence-electron chi connectivity index (χ4n) is 3.73. The van der Waals surface area contributed by atoms with Crippen molar-refractivity contribution in [3.05, 3.63) is 50.9 Å². The van der Waals surface area contributed by atoms with E-state index < -0.39 is 0 Å². The van der Waals surface area contributed by atoms with Crippen LogP contribution in [0.1, 0.15) is 40.3 Å². The summed E-state index contributed by atoms with van der Waals surface area (Å²) in [7, 11) is 1.60. The van der Waals surface area contributed by atoms with E-state index in [-0.39, 0.29) is 11.5 Å². The van der Waals surface area contributed by atoms with Gasteiger partial charge in [0.1, 0.15) is 28.8 Å². The fraction of sp³-hybridized carbons (Fsp3) is 0.409. The van der Waals surface area contributed by atoms with Gasteiger partial charge in [-0.15, -0.1) is 11.3 Å². The SMILES string of the molecule is COc1cccc(OCCNC(=O)c2sc3nc4n(c(=O)c3c2C)CCCCC4)c1. The zero-order valence-electron chi connectivity index (χ0n) is 17.2. The Bertz CT molecular complexity index is 1140. The zero-order valence-corrected chi connectivity index (χ0v) is 18.0. The summed E-state index contributed by atoms with van der Waals surface area (Å²) in [6.07, 6.45) is 3.96. The lowest BCUT2D eigenvalue weighted by atomic mass is 10.2. The van der Waals surface area contributed by atoms with Crippen LogP contribution in [0.5, 0.6) is 11.5 Å². The Morgan fingerprint density at radius 1 is 1.27 bits per heavy atom. The summed E-state index contributed by atoms with van der Waals surface area (Å²) in [5.74, 6) is 2.03. The summed E-state index contributed by atoms with van der Waals surface area (Å²) in [4.78, 5) is 31.7. The Morgan fingerprint density at radius 2 is 2.10 bits per heavy atom. The van der Waals surface area contributed by atoms with Gasteiger partial charge in [-0.3, -0.25) is 14.2 Å². The number of nitrogens with zero attached hydrogens (tertiary/aromatic N) is 2. The van der Waals surface area contributed by atoms with Crippen molar-refractivity contribution in [2.75, 3.05) is 20.3 Å². The van der Waals surface area contributed by atoms with Gasteiger partial charge in [0.05, 0.1) is 23.9 Å². The Balaban J connectivity index is 1.46. The van der Waals surface area contributed by atoms with Crippen LogP contribution in [0.3, 0.4) is 0 Å². The Hall–Kier alpha value is -2.87. The first-order valence-electron chi connectivity index (χ1n) is 10.2. The highest BCUT2D eigenvalue weighted by atomic mass is 32.1. The average Bonchev–Trinajstić information content (AvgIpc) is 2.92. The van der Waals surface area contributed by atoms with Crippen molar-refractivity contribution in [2.45, 2.75) is 39.2 Å². The number of carbonyl (C=O) groups is 1. The quantitative estimate of drug-likeness (QED) is 0.611. The van der Waals surface area contributed by atoms with Gasteiger partial charge < -0.3 is 14.8 Å². The van der Waals surface area contributed by atoms with E-state index in [2.05, 4.69) is 5.32 Å². The maximum Gasteiger partial charge on any atom is 0.262 e. The standard InChI is InChI=1S/C22H25N3O4S/c1-14-18-21(24-17-9-4-3-5-11-25(17)22(18)27)30-19(14)20(26)23-10-12-29-16-8-6-7-15(13-16)28-2/h6-8,13H,3-5,9-12H2,1-2H3,(H,23,26). The second-order valence-electron chi connectivity index (χ2n) is 7.32. The van der Waals surface area contributed by atoms with E-state index in [1.165, 1.54) is 11.3 Å². The molecule has 0 unspecified atom stereocenters. The van der Waals surface area contributed by atoms with Crippen LogP contribution >= 0.6 is 11.3 Å². The van der Waals surface area contributed by atoms with Crippen molar-refractivity contribution < 1.29 is 14.3 Å². The van der Waals surface area contributed by atoms with Gasteiger partial charge in [0, 0.05) is 19.0 Å². The van der Waals surface area contributed by atoms with Gasteiger partial charge in [0.25, 0.3) is 11.5 Å². The number of amides is 1.